The normalized spacial score (nSPS) is 29.6. The van der Waals surface area contributed by atoms with Crippen LogP contribution in [-0.4, -0.2) is 71.4 Å². The number of rotatable bonds is 3. The fourth-order valence-electron chi connectivity index (χ4n) is 6.38. The number of hydrogen-bond donors (Lipinski definition) is 1. The number of piperidine rings is 4. The molecule has 4 heterocycles. The molecule has 3 atom stereocenters. The Morgan fingerprint density at radius 3 is 2.61 bits per heavy atom. The lowest BCUT2D eigenvalue weighted by atomic mass is 9.75. The Morgan fingerprint density at radius 1 is 1.06 bits per heavy atom. The van der Waals surface area contributed by atoms with Gasteiger partial charge in [-0.15, -0.1) is 0 Å². The number of nitrogens with zero attached hydrogens (tertiary/aromatic N) is 3. The molecule has 0 spiro atoms. The lowest BCUT2D eigenvalue weighted by Gasteiger charge is -2.54. The lowest BCUT2D eigenvalue weighted by molar-refractivity contribution is -0.145. The van der Waals surface area contributed by atoms with Crippen LogP contribution in [0.1, 0.15) is 49.7 Å². The Hall–Kier alpha value is -2.08. The Morgan fingerprint density at radius 2 is 1.84 bits per heavy atom. The number of fused-ring (bicyclic) bond motifs is 4. The standard InChI is InChI=1S/C25H36N4O2/c1-18-5-7-19(8-6-18)14-26-25(31)27-11-9-22(10-12-27)28-15-20-13-21(17-28)23-3-2-4-24(30)29(23)16-20/h5-8,20-23H,2-4,9-17H2,1H3,(H,26,31)/t20-,21-,23-/m1/s1. The number of carbonyl (C=O) groups is 2. The maximum atomic E-state index is 12.6. The third-order valence-corrected chi connectivity index (χ3v) is 8.04. The van der Waals surface area contributed by atoms with Gasteiger partial charge >= 0.3 is 6.03 Å². The van der Waals surface area contributed by atoms with Gasteiger partial charge in [0, 0.05) is 57.8 Å². The highest BCUT2D eigenvalue weighted by atomic mass is 16.2. The van der Waals surface area contributed by atoms with E-state index in [9.17, 15) is 9.59 Å². The van der Waals surface area contributed by atoms with Crippen LogP contribution >= 0.6 is 0 Å². The maximum Gasteiger partial charge on any atom is 0.317 e. The van der Waals surface area contributed by atoms with E-state index in [0.717, 1.165) is 64.0 Å². The second-order valence-corrected chi connectivity index (χ2v) is 10.2. The molecule has 6 heteroatoms. The zero-order chi connectivity index (χ0) is 21.4. The molecule has 4 saturated heterocycles. The number of likely N-dealkylation sites (tertiary alicyclic amines) is 2. The molecule has 0 aliphatic carbocycles. The second kappa shape index (κ2) is 8.81. The van der Waals surface area contributed by atoms with Gasteiger partial charge in [-0.1, -0.05) is 29.8 Å². The topological polar surface area (TPSA) is 55.9 Å². The van der Waals surface area contributed by atoms with Crippen molar-refractivity contribution in [2.75, 3.05) is 32.7 Å². The summed E-state index contributed by atoms with van der Waals surface area (Å²) in [7, 11) is 0. The molecule has 0 aromatic heterocycles. The summed E-state index contributed by atoms with van der Waals surface area (Å²) in [5.74, 6) is 1.67. The second-order valence-electron chi connectivity index (χ2n) is 10.2. The van der Waals surface area contributed by atoms with Crippen LogP contribution in [0.15, 0.2) is 24.3 Å². The molecule has 4 fully saturated rings. The van der Waals surface area contributed by atoms with Crippen molar-refractivity contribution in [3.05, 3.63) is 35.4 Å². The molecule has 1 aromatic carbocycles. The van der Waals surface area contributed by atoms with E-state index in [1.807, 2.05) is 4.90 Å². The van der Waals surface area contributed by atoms with E-state index in [1.54, 1.807) is 0 Å². The van der Waals surface area contributed by atoms with Crippen LogP contribution in [-0.2, 0) is 11.3 Å². The minimum atomic E-state index is 0.0610. The molecule has 6 nitrogen and oxygen atoms in total. The molecule has 168 valence electrons. The van der Waals surface area contributed by atoms with Gasteiger partial charge in [-0.3, -0.25) is 9.69 Å². The fraction of sp³-hybridized carbons (Fsp3) is 0.680. The number of urea groups is 1. The predicted octanol–water partition coefficient (Wildman–Crippen LogP) is 3.00. The first-order chi connectivity index (χ1) is 15.1. The highest BCUT2D eigenvalue weighted by molar-refractivity contribution is 5.77. The first-order valence-electron chi connectivity index (χ1n) is 12.2. The summed E-state index contributed by atoms with van der Waals surface area (Å²) in [6, 6.07) is 9.45. The van der Waals surface area contributed by atoms with Crippen LogP contribution in [0.5, 0.6) is 0 Å². The largest absolute Gasteiger partial charge is 0.339 e. The number of benzene rings is 1. The van der Waals surface area contributed by atoms with Crippen molar-refractivity contribution in [1.82, 2.24) is 20.0 Å². The fourth-order valence-corrected chi connectivity index (χ4v) is 6.38. The van der Waals surface area contributed by atoms with Gasteiger partial charge in [0.25, 0.3) is 0 Å². The van der Waals surface area contributed by atoms with E-state index in [1.165, 1.54) is 18.4 Å². The van der Waals surface area contributed by atoms with E-state index >= 15 is 0 Å². The highest BCUT2D eigenvalue weighted by Crippen LogP contribution is 2.39. The molecule has 3 amide bonds. The van der Waals surface area contributed by atoms with Crippen molar-refractivity contribution in [1.29, 1.82) is 0 Å². The molecule has 5 rings (SSSR count). The van der Waals surface area contributed by atoms with Crippen molar-refractivity contribution in [2.45, 2.75) is 64.1 Å². The third kappa shape index (κ3) is 4.45. The Balaban J connectivity index is 1.11. The monoisotopic (exact) mass is 424 g/mol. The van der Waals surface area contributed by atoms with Gasteiger partial charge in [-0.2, -0.15) is 0 Å². The SMILES string of the molecule is Cc1ccc(CNC(=O)N2CCC(N3C[C@H]4C[C@H](C3)[C@H]3CCCC(=O)N3C4)CC2)cc1. The van der Waals surface area contributed by atoms with Gasteiger partial charge in [0.05, 0.1) is 0 Å². The van der Waals surface area contributed by atoms with E-state index in [0.29, 0.717) is 36.4 Å². The van der Waals surface area contributed by atoms with Crippen LogP contribution in [0, 0.1) is 18.8 Å². The smallest absolute Gasteiger partial charge is 0.317 e. The molecule has 0 radical (unpaired) electrons. The third-order valence-electron chi connectivity index (χ3n) is 8.04. The average Bonchev–Trinajstić information content (AvgIpc) is 2.79. The Labute approximate surface area is 185 Å². The summed E-state index contributed by atoms with van der Waals surface area (Å²) >= 11 is 0. The van der Waals surface area contributed by atoms with Crippen molar-refractivity contribution >= 4 is 11.9 Å². The summed E-state index contributed by atoms with van der Waals surface area (Å²) < 4.78 is 0. The molecule has 0 saturated carbocycles. The quantitative estimate of drug-likeness (QED) is 0.812. The molecular weight excluding hydrogens is 388 g/mol. The van der Waals surface area contributed by atoms with E-state index in [2.05, 4.69) is 46.3 Å². The van der Waals surface area contributed by atoms with Crippen LogP contribution < -0.4 is 5.32 Å². The van der Waals surface area contributed by atoms with Crippen LogP contribution in [0.2, 0.25) is 0 Å². The van der Waals surface area contributed by atoms with Gasteiger partial charge in [-0.05, 0) is 56.4 Å². The van der Waals surface area contributed by atoms with Crippen LogP contribution in [0.4, 0.5) is 4.79 Å². The number of nitrogens with one attached hydrogen (secondary N) is 1. The zero-order valence-electron chi connectivity index (χ0n) is 18.8. The minimum Gasteiger partial charge on any atom is -0.339 e. The summed E-state index contributed by atoms with van der Waals surface area (Å²) in [5.41, 5.74) is 2.38. The molecule has 1 N–H and O–H groups in total. The Bertz CT molecular complexity index is 802. The van der Waals surface area contributed by atoms with Crippen molar-refractivity contribution in [2.24, 2.45) is 11.8 Å². The summed E-state index contributed by atoms with van der Waals surface area (Å²) in [5, 5.41) is 3.09. The highest BCUT2D eigenvalue weighted by Gasteiger charge is 2.45. The Kier molecular flexibility index (Phi) is 5.91. The number of hydrogen-bond acceptors (Lipinski definition) is 3. The van der Waals surface area contributed by atoms with Gasteiger partial charge in [0.2, 0.25) is 5.91 Å². The molecule has 2 bridgehead atoms. The molecule has 4 aliphatic heterocycles. The summed E-state index contributed by atoms with van der Waals surface area (Å²) in [6.45, 7) is 7.57. The number of carbonyl (C=O) groups excluding carboxylic acids is 2. The van der Waals surface area contributed by atoms with Gasteiger partial charge in [0.1, 0.15) is 0 Å². The van der Waals surface area contributed by atoms with E-state index in [4.69, 9.17) is 0 Å². The molecule has 4 aliphatic rings. The summed E-state index contributed by atoms with van der Waals surface area (Å²) in [4.78, 5) is 31.9. The average molecular weight is 425 g/mol. The molecule has 1 aromatic rings. The minimum absolute atomic E-state index is 0.0610. The molecule has 0 unspecified atom stereocenters. The maximum absolute atomic E-state index is 12.6. The van der Waals surface area contributed by atoms with Gasteiger partial charge in [0.15, 0.2) is 0 Å². The van der Waals surface area contributed by atoms with E-state index in [-0.39, 0.29) is 6.03 Å². The van der Waals surface area contributed by atoms with Crippen molar-refractivity contribution in [3.8, 4) is 0 Å². The van der Waals surface area contributed by atoms with Crippen LogP contribution in [0.3, 0.4) is 0 Å². The van der Waals surface area contributed by atoms with Gasteiger partial charge < -0.3 is 15.1 Å². The first-order valence-corrected chi connectivity index (χ1v) is 12.2. The first kappa shape index (κ1) is 20.8. The van der Waals surface area contributed by atoms with Crippen LogP contribution in [0.25, 0.3) is 0 Å². The number of aryl methyl sites for hydroxylation is 1. The molecule has 31 heavy (non-hydrogen) atoms. The summed E-state index contributed by atoms with van der Waals surface area (Å²) in [6.07, 6.45) is 6.43. The van der Waals surface area contributed by atoms with E-state index < -0.39 is 0 Å². The van der Waals surface area contributed by atoms with Gasteiger partial charge in [-0.25, -0.2) is 4.79 Å². The van der Waals surface area contributed by atoms with Crippen molar-refractivity contribution < 1.29 is 9.59 Å². The van der Waals surface area contributed by atoms with Crippen molar-refractivity contribution in [3.63, 3.8) is 0 Å². The predicted molar refractivity (Wildman–Crippen MR) is 121 cm³/mol. The molecular formula is C25H36N4O2. The lowest BCUT2D eigenvalue weighted by Crippen LogP contribution is -2.62. The zero-order valence-corrected chi connectivity index (χ0v) is 18.8. The number of amides is 3.